The van der Waals surface area contributed by atoms with Crippen LogP contribution in [0.15, 0.2) is 51.8 Å². The zero-order valence-corrected chi connectivity index (χ0v) is 19.9. The lowest BCUT2D eigenvalue weighted by Crippen LogP contribution is -2.41. The van der Waals surface area contributed by atoms with E-state index in [1.54, 1.807) is 18.2 Å². The van der Waals surface area contributed by atoms with E-state index in [2.05, 4.69) is 26.0 Å². The van der Waals surface area contributed by atoms with Gasteiger partial charge < -0.3 is 0 Å². The fraction of sp³-hybridized carbons (Fsp3) is 0.304. The molecule has 1 aliphatic carbocycles. The first-order valence-corrected chi connectivity index (χ1v) is 12.8. The van der Waals surface area contributed by atoms with E-state index in [4.69, 9.17) is 0 Å². The number of imide groups is 1. The van der Waals surface area contributed by atoms with Gasteiger partial charge in [0, 0.05) is 46.0 Å². The Kier molecular flexibility index (Phi) is 6.49. The molecule has 2 atom stereocenters. The summed E-state index contributed by atoms with van der Waals surface area (Å²) < 4.78 is 28.3. The molecule has 1 aliphatic heterocycles. The molecule has 0 saturated carbocycles. The molecule has 1 saturated heterocycles. The topological polar surface area (TPSA) is 126 Å². The normalized spacial score (nSPS) is 20.9. The second-order valence-corrected chi connectivity index (χ2v) is 10.7. The monoisotopic (exact) mass is 532 g/mol. The molecule has 33 heavy (non-hydrogen) atoms. The maximum atomic E-state index is 13.0. The molecule has 2 N–H and O–H groups in total. The van der Waals surface area contributed by atoms with Crippen molar-refractivity contribution in [3.63, 3.8) is 0 Å². The number of ketones is 2. The second kappa shape index (κ2) is 9.18. The molecular formula is C23H21BrN2O6S. The van der Waals surface area contributed by atoms with Gasteiger partial charge in [0.1, 0.15) is 4.90 Å². The molecule has 2 aliphatic rings. The van der Waals surface area contributed by atoms with Crippen LogP contribution in [0.1, 0.15) is 52.8 Å². The minimum absolute atomic E-state index is 0.000457. The Balaban J connectivity index is 1.49. The van der Waals surface area contributed by atoms with Crippen molar-refractivity contribution < 1.29 is 27.6 Å². The minimum atomic E-state index is -3.90. The van der Waals surface area contributed by atoms with Crippen molar-refractivity contribution in [2.75, 3.05) is 4.72 Å². The number of sulfonamides is 1. The number of nitrogens with one attached hydrogen (secondary N) is 2. The molecule has 10 heteroatoms. The van der Waals surface area contributed by atoms with Crippen molar-refractivity contribution in [3.05, 3.63) is 58.1 Å². The average Bonchev–Trinajstić information content (AvgIpc) is 2.76. The molecule has 2 aromatic carbocycles. The van der Waals surface area contributed by atoms with Gasteiger partial charge in [0.25, 0.3) is 10.0 Å². The first-order valence-electron chi connectivity index (χ1n) is 10.5. The molecule has 4 rings (SSSR count). The number of anilines is 1. The molecule has 1 fully saturated rings. The highest BCUT2D eigenvalue weighted by molar-refractivity contribution is 9.10. The van der Waals surface area contributed by atoms with Crippen LogP contribution in [0.3, 0.4) is 0 Å². The van der Waals surface area contributed by atoms with Gasteiger partial charge in [-0.05, 0) is 65.5 Å². The van der Waals surface area contributed by atoms with Gasteiger partial charge in [-0.25, -0.2) is 8.42 Å². The van der Waals surface area contributed by atoms with Crippen LogP contribution in [0.4, 0.5) is 5.69 Å². The standard InChI is InChI=1S/C23H21BrN2O6S/c24-18-3-1-2-4-20(18)33(31,32)26-15-8-9-16-17(12-15)19(27)11-14(22(16)29)6-5-13-7-10-21(28)25-23(13)30/h1-4,8-9,12-14,26H,5-7,10-11H2,(H,25,28,30). The molecule has 2 amide bonds. The number of halogens is 1. The Hall–Kier alpha value is -2.85. The van der Waals surface area contributed by atoms with E-state index in [1.165, 1.54) is 24.3 Å². The number of rotatable bonds is 6. The van der Waals surface area contributed by atoms with Crippen LogP contribution in [0, 0.1) is 11.8 Å². The molecule has 0 spiro atoms. The van der Waals surface area contributed by atoms with Gasteiger partial charge in [0.05, 0.1) is 0 Å². The Bertz CT molecular complexity index is 1270. The van der Waals surface area contributed by atoms with E-state index in [9.17, 15) is 27.6 Å². The number of carbonyl (C=O) groups is 4. The number of piperidine rings is 1. The highest BCUT2D eigenvalue weighted by atomic mass is 79.9. The molecule has 0 radical (unpaired) electrons. The van der Waals surface area contributed by atoms with Crippen molar-refractivity contribution in [2.24, 2.45) is 11.8 Å². The molecule has 0 aromatic heterocycles. The van der Waals surface area contributed by atoms with Crippen molar-refractivity contribution >= 4 is 55.0 Å². The first kappa shape index (κ1) is 23.3. The van der Waals surface area contributed by atoms with Gasteiger partial charge in [0.15, 0.2) is 11.6 Å². The number of hydrogen-bond donors (Lipinski definition) is 2. The van der Waals surface area contributed by atoms with E-state index in [1.807, 2.05) is 0 Å². The van der Waals surface area contributed by atoms with Gasteiger partial charge in [0.2, 0.25) is 11.8 Å². The zero-order chi connectivity index (χ0) is 23.8. The summed E-state index contributed by atoms with van der Waals surface area (Å²) in [4.78, 5) is 49.1. The van der Waals surface area contributed by atoms with E-state index < -0.39 is 15.9 Å². The van der Waals surface area contributed by atoms with Crippen LogP contribution in [0.2, 0.25) is 0 Å². The number of Topliss-reactive ketones (excluding diaryl/α,β-unsaturated/α-hetero) is 2. The van der Waals surface area contributed by atoms with Gasteiger partial charge in [-0.15, -0.1) is 0 Å². The van der Waals surface area contributed by atoms with Crippen molar-refractivity contribution in [1.29, 1.82) is 0 Å². The molecule has 172 valence electrons. The quantitative estimate of drug-likeness (QED) is 0.548. The fourth-order valence-electron chi connectivity index (χ4n) is 4.22. The zero-order valence-electron chi connectivity index (χ0n) is 17.5. The number of amides is 2. The second-order valence-electron chi connectivity index (χ2n) is 8.21. The lowest BCUT2D eigenvalue weighted by Gasteiger charge is -2.26. The number of carbonyl (C=O) groups excluding carboxylic acids is 4. The highest BCUT2D eigenvalue weighted by Crippen LogP contribution is 2.33. The van der Waals surface area contributed by atoms with Crippen LogP contribution in [-0.4, -0.2) is 31.8 Å². The van der Waals surface area contributed by atoms with Crippen LogP contribution in [0.5, 0.6) is 0 Å². The fourth-order valence-corrected chi connectivity index (χ4v) is 6.28. The van der Waals surface area contributed by atoms with E-state index in [0.29, 0.717) is 23.7 Å². The van der Waals surface area contributed by atoms with E-state index in [0.717, 1.165) is 0 Å². The van der Waals surface area contributed by atoms with Crippen LogP contribution in [0.25, 0.3) is 0 Å². The maximum Gasteiger partial charge on any atom is 0.263 e. The summed E-state index contributed by atoms with van der Waals surface area (Å²) in [6.45, 7) is 0. The lowest BCUT2D eigenvalue weighted by atomic mass is 9.78. The Labute approximate surface area is 199 Å². The SMILES string of the molecule is O=C1CCC(CCC2CC(=O)c3cc(NS(=O)(=O)c4ccccc4Br)ccc3C2=O)C(=O)N1. The number of benzene rings is 2. The third-order valence-electron chi connectivity index (χ3n) is 5.98. The lowest BCUT2D eigenvalue weighted by molar-refractivity contribution is -0.136. The summed E-state index contributed by atoms with van der Waals surface area (Å²) in [6.07, 6.45) is 1.50. The van der Waals surface area contributed by atoms with E-state index >= 15 is 0 Å². The number of hydrogen-bond acceptors (Lipinski definition) is 6. The van der Waals surface area contributed by atoms with Crippen LogP contribution < -0.4 is 10.0 Å². The first-order chi connectivity index (χ1) is 15.7. The van der Waals surface area contributed by atoms with Crippen LogP contribution >= 0.6 is 15.9 Å². The van der Waals surface area contributed by atoms with Crippen molar-refractivity contribution in [1.82, 2.24) is 5.32 Å². The maximum absolute atomic E-state index is 13.0. The Morgan fingerprint density at radius 3 is 2.42 bits per heavy atom. The average molecular weight is 533 g/mol. The molecule has 8 nitrogen and oxygen atoms in total. The smallest absolute Gasteiger partial charge is 0.263 e. The highest BCUT2D eigenvalue weighted by Gasteiger charge is 2.35. The predicted molar refractivity (Wildman–Crippen MR) is 123 cm³/mol. The largest absolute Gasteiger partial charge is 0.296 e. The molecule has 1 heterocycles. The molecule has 2 unspecified atom stereocenters. The van der Waals surface area contributed by atoms with Crippen molar-refractivity contribution in [3.8, 4) is 0 Å². The van der Waals surface area contributed by atoms with E-state index in [-0.39, 0.29) is 63.9 Å². The summed E-state index contributed by atoms with van der Waals surface area (Å²) >= 11 is 3.22. The predicted octanol–water partition coefficient (Wildman–Crippen LogP) is 3.47. The van der Waals surface area contributed by atoms with Gasteiger partial charge >= 0.3 is 0 Å². The minimum Gasteiger partial charge on any atom is -0.296 e. The summed E-state index contributed by atoms with van der Waals surface area (Å²) in [7, 11) is -3.90. The summed E-state index contributed by atoms with van der Waals surface area (Å²) in [5.74, 6) is -1.96. The van der Waals surface area contributed by atoms with Crippen molar-refractivity contribution in [2.45, 2.75) is 37.0 Å². The number of fused-ring (bicyclic) bond motifs is 1. The van der Waals surface area contributed by atoms with Gasteiger partial charge in [-0.1, -0.05) is 12.1 Å². The van der Waals surface area contributed by atoms with Gasteiger partial charge in [-0.2, -0.15) is 0 Å². The third kappa shape index (κ3) is 4.91. The third-order valence-corrected chi connectivity index (χ3v) is 8.38. The molecule has 2 aromatic rings. The summed E-state index contributed by atoms with van der Waals surface area (Å²) in [5, 5.41) is 2.30. The summed E-state index contributed by atoms with van der Waals surface area (Å²) in [6, 6.07) is 10.7. The van der Waals surface area contributed by atoms with Crippen LogP contribution in [-0.2, 0) is 19.6 Å². The molecular weight excluding hydrogens is 512 g/mol. The Morgan fingerprint density at radius 2 is 1.70 bits per heavy atom. The Morgan fingerprint density at radius 1 is 0.970 bits per heavy atom. The van der Waals surface area contributed by atoms with Gasteiger partial charge in [-0.3, -0.25) is 29.2 Å². The molecule has 0 bridgehead atoms. The summed E-state index contributed by atoms with van der Waals surface area (Å²) in [5.41, 5.74) is 0.626.